The maximum Gasteiger partial charge on any atom is 0.122 e. The summed E-state index contributed by atoms with van der Waals surface area (Å²) in [7, 11) is 0. The van der Waals surface area contributed by atoms with Gasteiger partial charge in [-0.15, -0.1) is 0 Å². The summed E-state index contributed by atoms with van der Waals surface area (Å²) in [5.74, 6) is 2.13. The van der Waals surface area contributed by atoms with E-state index < -0.39 is 6.10 Å². The molecule has 0 amide bonds. The number of hydrogen-bond donors (Lipinski definition) is 1. The van der Waals surface area contributed by atoms with E-state index >= 15 is 0 Å². The number of ether oxygens (including phenoxy) is 3. The fourth-order valence-electron chi connectivity index (χ4n) is 2.97. The first-order valence-corrected chi connectivity index (χ1v) is 9.80. The summed E-state index contributed by atoms with van der Waals surface area (Å²) in [5.41, 5.74) is 1.01. The van der Waals surface area contributed by atoms with E-state index in [0.717, 1.165) is 27.8 Å². The van der Waals surface area contributed by atoms with Crippen LogP contribution in [0.1, 0.15) is 5.56 Å². The number of aliphatic hydroxyl groups is 1. The second-order valence-corrected chi connectivity index (χ2v) is 6.91. The van der Waals surface area contributed by atoms with Gasteiger partial charge in [-0.1, -0.05) is 36.4 Å². The Hall–Kier alpha value is -3.57. The maximum atomic E-state index is 10.2. The third-order valence-electron chi connectivity index (χ3n) is 4.56. The minimum absolute atomic E-state index is 0.142. The molecule has 4 aromatic rings. The third-order valence-corrected chi connectivity index (χ3v) is 4.56. The highest BCUT2D eigenvalue weighted by molar-refractivity contribution is 5.83. The van der Waals surface area contributed by atoms with Crippen LogP contribution >= 0.6 is 0 Å². The lowest BCUT2D eigenvalue weighted by molar-refractivity contribution is 0.0627. The van der Waals surface area contributed by atoms with Gasteiger partial charge in [0.15, 0.2) is 0 Å². The summed E-state index contributed by atoms with van der Waals surface area (Å²) >= 11 is 0. The van der Waals surface area contributed by atoms with Gasteiger partial charge in [0.25, 0.3) is 0 Å². The summed E-state index contributed by atoms with van der Waals surface area (Å²) in [6, 6.07) is 25.1. The molecule has 0 radical (unpaired) electrons. The van der Waals surface area contributed by atoms with Crippen LogP contribution in [0, 0.1) is 0 Å². The first-order chi connectivity index (χ1) is 14.8. The van der Waals surface area contributed by atoms with Crippen LogP contribution in [0.5, 0.6) is 17.2 Å². The van der Waals surface area contributed by atoms with Gasteiger partial charge in [0.2, 0.25) is 0 Å². The van der Waals surface area contributed by atoms with Crippen LogP contribution in [0.15, 0.2) is 91.3 Å². The van der Waals surface area contributed by atoms with Crippen molar-refractivity contribution >= 4 is 10.8 Å². The Morgan fingerprint density at radius 3 is 2.10 bits per heavy atom. The minimum atomic E-state index is -0.738. The van der Waals surface area contributed by atoms with Crippen molar-refractivity contribution in [3.8, 4) is 17.2 Å². The average Bonchev–Trinajstić information content (AvgIpc) is 2.81. The molecule has 0 spiro atoms. The Bertz CT molecular complexity index is 1070. The molecular formula is C25H23NO4. The number of rotatable bonds is 9. The van der Waals surface area contributed by atoms with Crippen molar-refractivity contribution in [3.63, 3.8) is 0 Å². The number of hydrogen-bond acceptors (Lipinski definition) is 5. The standard InChI is InChI=1S/C25H23NO4/c27-22(18-30-25-8-7-20-5-1-2-6-21(20)14-25)17-29-24-11-9-23(10-12-24)28-16-19-4-3-13-26-15-19/h1-15,22,27H,16-18H2. The summed E-state index contributed by atoms with van der Waals surface area (Å²) in [4.78, 5) is 4.07. The Labute approximate surface area is 175 Å². The number of nitrogens with zero attached hydrogens (tertiary/aromatic N) is 1. The number of fused-ring (bicyclic) bond motifs is 1. The predicted octanol–water partition coefficient (Wildman–Crippen LogP) is 4.63. The van der Waals surface area contributed by atoms with E-state index in [1.165, 1.54) is 0 Å². The summed E-state index contributed by atoms with van der Waals surface area (Å²) in [6.07, 6.45) is 2.77. The normalized spacial score (nSPS) is 11.8. The summed E-state index contributed by atoms with van der Waals surface area (Å²) < 4.78 is 17.1. The van der Waals surface area contributed by atoms with Gasteiger partial charge in [-0.3, -0.25) is 4.98 Å². The largest absolute Gasteiger partial charge is 0.491 e. The zero-order valence-electron chi connectivity index (χ0n) is 16.5. The van der Waals surface area contributed by atoms with Crippen LogP contribution in [0.25, 0.3) is 10.8 Å². The first kappa shape index (κ1) is 19.7. The molecule has 30 heavy (non-hydrogen) atoms. The minimum Gasteiger partial charge on any atom is -0.491 e. The molecule has 0 bridgehead atoms. The molecule has 5 heteroatoms. The zero-order chi connectivity index (χ0) is 20.6. The van der Waals surface area contributed by atoms with E-state index in [4.69, 9.17) is 14.2 Å². The lowest BCUT2D eigenvalue weighted by Gasteiger charge is -2.14. The molecule has 1 aromatic heterocycles. The smallest absolute Gasteiger partial charge is 0.122 e. The fourth-order valence-corrected chi connectivity index (χ4v) is 2.97. The molecule has 0 aliphatic carbocycles. The van der Waals surface area contributed by atoms with Crippen molar-refractivity contribution in [3.05, 3.63) is 96.8 Å². The quantitative estimate of drug-likeness (QED) is 0.443. The molecule has 1 heterocycles. The molecular weight excluding hydrogens is 378 g/mol. The van der Waals surface area contributed by atoms with Gasteiger partial charge in [-0.25, -0.2) is 0 Å². The van der Waals surface area contributed by atoms with Gasteiger partial charge in [-0.2, -0.15) is 0 Å². The monoisotopic (exact) mass is 401 g/mol. The van der Waals surface area contributed by atoms with Crippen LogP contribution in [0.3, 0.4) is 0 Å². The molecule has 0 fully saturated rings. The Balaban J connectivity index is 1.21. The SMILES string of the molecule is OC(COc1ccc(OCc2cccnc2)cc1)COc1ccc2ccccc2c1. The second-order valence-electron chi connectivity index (χ2n) is 6.91. The highest BCUT2D eigenvalue weighted by Crippen LogP contribution is 2.21. The third kappa shape index (κ3) is 5.49. The van der Waals surface area contributed by atoms with Crippen molar-refractivity contribution in [1.29, 1.82) is 0 Å². The van der Waals surface area contributed by atoms with Gasteiger partial charge in [0.05, 0.1) is 0 Å². The number of benzene rings is 3. The number of aromatic nitrogens is 1. The number of aliphatic hydroxyl groups excluding tert-OH is 1. The first-order valence-electron chi connectivity index (χ1n) is 9.80. The molecule has 5 nitrogen and oxygen atoms in total. The molecule has 0 saturated heterocycles. The van der Waals surface area contributed by atoms with E-state index in [9.17, 15) is 5.11 Å². The predicted molar refractivity (Wildman–Crippen MR) is 116 cm³/mol. The second kappa shape index (κ2) is 9.76. The molecule has 0 saturated carbocycles. The van der Waals surface area contributed by atoms with Gasteiger partial charge in [0.1, 0.15) is 43.2 Å². The van der Waals surface area contributed by atoms with E-state index in [0.29, 0.717) is 12.4 Å². The highest BCUT2D eigenvalue weighted by Gasteiger charge is 2.08. The molecule has 1 atom stereocenters. The van der Waals surface area contributed by atoms with Crippen molar-refractivity contribution in [2.24, 2.45) is 0 Å². The fraction of sp³-hybridized carbons (Fsp3) is 0.160. The van der Waals surface area contributed by atoms with Crippen molar-refractivity contribution in [1.82, 2.24) is 4.98 Å². The van der Waals surface area contributed by atoms with E-state index in [2.05, 4.69) is 11.1 Å². The van der Waals surface area contributed by atoms with Crippen LogP contribution in [-0.2, 0) is 6.61 Å². The van der Waals surface area contributed by atoms with E-state index in [1.54, 1.807) is 12.4 Å². The van der Waals surface area contributed by atoms with Crippen LogP contribution in [0.2, 0.25) is 0 Å². The zero-order valence-corrected chi connectivity index (χ0v) is 16.5. The molecule has 3 aromatic carbocycles. The molecule has 0 aliphatic rings. The Morgan fingerprint density at radius 2 is 1.37 bits per heavy atom. The highest BCUT2D eigenvalue weighted by atomic mass is 16.5. The van der Waals surface area contributed by atoms with Crippen molar-refractivity contribution in [2.45, 2.75) is 12.7 Å². The van der Waals surface area contributed by atoms with Gasteiger partial charge >= 0.3 is 0 Å². The van der Waals surface area contributed by atoms with Gasteiger partial charge in [-0.05, 0) is 53.2 Å². The number of pyridine rings is 1. The molecule has 0 aliphatic heterocycles. The van der Waals surface area contributed by atoms with Crippen LogP contribution in [-0.4, -0.2) is 29.4 Å². The topological polar surface area (TPSA) is 60.8 Å². The van der Waals surface area contributed by atoms with Crippen LogP contribution < -0.4 is 14.2 Å². The van der Waals surface area contributed by atoms with Gasteiger partial charge < -0.3 is 19.3 Å². The lowest BCUT2D eigenvalue weighted by atomic mass is 10.1. The van der Waals surface area contributed by atoms with Crippen molar-refractivity contribution in [2.75, 3.05) is 13.2 Å². The summed E-state index contributed by atoms with van der Waals surface area (Å²) in [5, 5.41) is 12.4. The average molecular weight is 401 g/mol. The van der Waals surface area contributed by atoms with Crippen LogP contribution in [0.4, 0.5) is 0 Å². The maximum absolute atomic E-state index is 10.2. The van der Waals surface area contributed by atoms with E-state index in [-0.39, 0.29) is 13.2 Å². The Kier molecular flexibility index (Phi) is 6.42. The molecule has 4 rings (SSSR count). The van der Waals surface area contributed by atoms with E-state index in [1.807, 2.05) is 72.8 Å². The Morgan fingerprint density at radius 1 is 0.700 bits per heavy atom. The summed E-state index contributed by atoms with van der Waals surface area (Å²) in [6.45, 7) is 0.757. The lowest BCUT2D eigenvalue weighted by Crippen LogP contribution is -2.25. The molecule has 1 unspecified atom stereocenters. The van der Waals surface area contributed by atoms with Gasteiger partial charge in [0, 0.05) is 18.0 Å². The molecule has 152 valence electrons. The van der Waals surface area contributed by atoms with Crippen molar-refractivity contribution < 1.29 is 19.3 Å². The molecule has 1 N–H and O–H groups in total.